The summed E-state index contributed by atoms with van der Waals surface area (Å²) in [6, 6.07) is 19.7. The fourth-order valence-electron chi connectivity index (χ4n) is 3.68. The second-order valence-electron chi connectivity index (χ2n) is 7.41. The molecular weight excluding hydrogens is 362 g/mol. The van der Waals surface area contributed by atoms with Gasteiger partial charge in [0.05, 0.1) is 0 Å². The van der Waals surface area contributed by atoms with Crippen molar-refractivity contribution in [2.24, 2.45) is 0 Å². The molecule has 4 aromatic rings. The van der Waals surface area contributed by atoms with Crippen LogP contribution in [-0.2, 0) is 17.9 Å². The zero-order chi connectivity index (χ0) is 20.4. The first-order valence-corrected chi connectivity index (χ1v) is 9.60. The van der Waals surface area contributed by atoms with Gasteiger partial charge in [0.2, 0.25) is 5.91 Å². The summed E-state index contributed by atoms with van der Waals surface area (Å²) in [5.41, 5.74) is 4.46. The van der Waals surface area contributed by atoms with Crippen LogP contribution < -0.4 is 10.9 Å². The maximum Gasteiger partial charge on any atom is 0.275 e. The van der Waals surface area contributed by atoms with Gasteiger partial charge in [-0.1, -0.05) is 36.4 Å². The molecule has 4 rings (SSSR count). The quantitative estimate of drug-likeness (QED) is 0.562. The second-order valence-corrected chi connectivity index (χ2v) is 7.41. The van der Waals surface area contributed by atoms with Crippen molar-refractivity contribution in [3.05, 3.63) is 100 Å². The van der Waals surface area contributed by atoms with Crippen molar-refractivity contribution in [3.63, 3.8) is 0 Å². The Morgan fingerprint density at radius 2 is 1.55 bits per heavy atom. The standard InChI is InChI=1S/C24H23N3O2/c1-17-12-18(2)14-21(13-17)25-22(28)16-27-11-9-20-8-10-26(23(20)24(27)29)15-19-6-4-3-5-7-19/h3-14H,15-16H2,1-2H3,(H,25,28). The van der Waals surface area contributed by atoms with Crippen molar-refractivity contribution in [3.8, 4) is 0 Å². The highest BCUT2D eigenvalue weighted by Crippen LogP contribution is 2.15. The molecule has 0 unspecified atom stereocenters. The van der Waals surface area contributed by atoms with E-state index < -0.39 is 0 Å². The minimum Gasteiger partial charge on any atom is -0.339 e. The van der Waals surface area contributed by atoms with E-state index >= 15 is 0 Å². The smallest absolute Gasteiger partial charge is 0.275 e. The number of anilines is 1. The largest absolute Gasteiger partial charge is 0.339 e. The van der Waals surface area contributed by atoms with Gasteiger partial charge in [-0.3, -0.25) is 9.59 Å². The van der Waals surface area contributed by atoms with Crippen molar-refractivity contribution in [1.82, 2.24) is 9.13 Å². The van der Waals surface area contributed by atoms with E-state index in [4.69, 9.17) is 0 Å². The summed E-state index contributed by atoms with van der Waals surface area (Å²) >= 11 is 0. The summed E-state index contributed by atoms with van der Waals surface area (Å²) in [5.74, 6) is -0.224. The van der Waals surface area contributed by atoms with Crippen LogP contribution in [0.25, 0.3) is 10.9 Å². The molecule has 0 saturated heterocycles. The maximum atomic E-state index is 13.1. The van der Waals surface area contributed by atoms with Crippen LogP contribution in [0.4, 0.5) is 5.69 Å². The molecule has 2 aromatic carbocycles. The van der Waals surface area contributed by atoms with E-state index in [1.165, 1.54) is 4.57 Å². The van der Waals surface area contributed by atoms with Gasteiger partial charge in [0.25, 0.3) is 5.56 Å². The summed E-state index contributed by atoms with van der Waals surface area (Å²) in [6.45, 7) is 4.56. The lowest BCUT2D eigenvalue weighted by Crippen LogP contribution is -2.28. The van der Waals surface area contributed by atoms with E-state index in [0.717, 1.165) is 27.8 Å². The topological polar surface area (TPSA) is 56.0 Å². The van der Waals surface area contributed by atoms with E-state index in [1.54, 1.807) is 6.20 Å². The van der Waals surface area contributed by atoms with E-state index in [2.05, 4.69) is 11.4 Å². The van der Waals surface area contributed by atoms with Crippen molar-refractivity contribution in [2.45, 2.75) is 26.9 Å². The normalized spacial score (nSPS) is 11.0. The molecule has 29 heavy (non-hydrogen) atoms. The van der Waals surface area contributed by atoms with Crippen molar-refractivity contribution < 1.29 is 4.79 Å². The number of amides is 1. The minimum absolute atomic E-state index is 0.0295. The number of carbonyl (C=O) groups is 1. The van der Waals surface area contributed by atoms with Crippen molar-refractivity contribution >= 4 is 22.5 Å². The van der Waals surface area contributed by atoms with Crippen molar-refractivity contribution in [2.75, 3.05) is 5.32 Å². The highest BCUT2D eigenvalue weighted by Gasteiger charge is 2.11. The van der Waals surface area contributed by atoms with Crippen LogP contribution in [0.15, 0.2) is 77.9 Å². The van der Waals surface area contributed by atoms with Gasteiger partial charge in [-0.05, 0) is 54.8 Å². The fraction of sp³-hybridized carbons (Fsp3) is 0.167. The summed E-state index contributed by atoms with van der Waals surface area (Å²) in [7, 11) is 0. The van der Waals surface area contributed by atoms with Gasteiger partial charge >= 0.3 is 0 Å². The van der Waals surface area contributed by atoms with Gasteiger partial charge in [0.15, 0.2) is 0 Å². The van der Waals surface area contributed by atoms with Crippen LogP contribution in [0, 0.1) is 13.8 Å². The molecule has 0 aliphatic carbocycles. The molecule has 0 atom stereocenters. The van der Waals surface area contributed by atoms with Crippen LogP contribution in [0.1, 0.15) is 16.7 Å². The van der Waals surface area contributed by atoms with Gasteiger partial charge in [-0.2, -0.15) is 0 Å². The predicted octanol–water partition coefficient (Wildman–Crippen LogP) is 4.11. The molecule has 2 aromatic heterocycles. The number of aromatic nitrogens is 2. The van der Waals surface area contributed by atoms with Crippen LogP contribution in [0.2, 0.25) is 0 Å². The highest BCUT2D eigenvalue weighted by atomic mass is 16.2. The van der Waals surface area contributed by atoms with E-state index in [0.29, 0.717) is 12.1 Å². The van der Waals surface area contributed by atoms with E-state index in [9.17, 15) is 9.59 Å². The number of nitrogens with zero attached hydrogens (tertiary/aromatic N) is 2. The number of carbonyl (C=O) groups excluding carboxylic acids is 1. The Morgan fingerprint density at radius 3 is 2.24 bits per heavy atom. The number of hydrogen-bond donors (Lipinski definition) is 1. The van der Waals surface area contributed by atoms with Gasteiger partial charge in [-0.25, -0.2) is 0 Å². The van der Waals surface area contributed by atoms with Gasteiger partial charge < -0.3 is 14.5 Å². The molecule has 0 fully saturated rings. The van der Waals surface area contributed by atoms with Gasteiger partial charge in [-0.15, -0.1) is 0 Å². The molecule has 0 radical (unpaired) electrons. The van der Waals surface area contributed by atoms with Gasteiger partial charge in [0, 0.05) is 30.0 Å². The molecule has 1 N–H and O–H groups in total. The molecule has 146 valence electrons. The SMILES string of the molecule is Cc1cc(C)cc(NC(=O)Cn2ccc3ccn(Cc4ccccc4)c3c2=O)c1. The summed E-state index contributed by atoms with van der Waals surface area (Å²) in [5, 5.41) is 3.76. The second kappa shape index (κ2) is 7.80. The summed E-state index contributed by atoms with van der Waals surface area (Å²) in [6.07, 6.45) is 3.59. The van der Waals surface area contributed by atoms with E-state index in [-0.39, 0.29) is 18.0 Å². The molecule has 0 aliphatic rings. The molecular formula is C24H23N3O2. The number of pyridine rings is 1. The third-order valence-corrected chi connectivity index (χ3v) is 4.91. The number of aryl methyl sites for hydroxylation is 2. The molecule has 0 spiro atoms. The van der Waals surface area contributed by atoms with Crippen LogP contribution in [-0.4, -0.2) is 15.0 Å². The Kier molecular flexibility index (Phi) is 5.04. The fourth-order valence-corrected chi connectivity index (χ4v) is 3.68. The molecule has 5 heteroatoms. The van der Waals surface area contributed by atoms with Crippen LogP contribution in [0.5, 0.6) is 0 Å². The van der Waals surface area contributed by atoms with E-state index in [1.807, 2.05) is 79.2 Å². The number of rotatable bonds is 5. The Bertz CT molecular complexity index is 1220. The molecule has 5 nitrogen and oxygen atoms in total. The lowest BCUT2D eigenvalue weighted by molar-refractivity contribution is -0.116. The summed E-state index contributed by atoms with van der Waals surface area (Å²) in [4.78, 5) is 25.6. The molecule has 0 aliphatic heterocycles. The maximum absolute atomic E-state index is 13.1. The van der Waals surface area contributed by atoms with Crippen LogP contribution >= 0.6 is 0 Å². The lowest BCUT2D eigenvalue weighted by Gasteiger charge is -2.10. The summed E-state index contributed by atoms with van der Waals surface area (Å²) < 4.78 is 3.40. The zero-order valence-electron chi connectivity index (χ0n) is 16.6. The number of benzene rings is 2. The Labute approximate surface area is 169 Å². The first-order valence-electron chi connectivity index (χ1n) is 9.60. The van der Waals surface area contributed by atoms with Crippen molar-refractivity contribution in [1.29, 1.82) is 0 Å². The molecule has 0 bridgehead atoms. The Morgan fingerprint density at radius 1 is 0.897 bits per heavy atom. The predicted molar refractivity (Wildman–Crippen MR) is 116 cm³/mol. The molecule has 2 heterocycles. The Balaban J connectivity index is 1.59. The number of fused-ring (bicyclic) bond motifs is 1. The zero-order valence-corrected chi connectivity index (χ0v) is 16.6. The number of nitrogens with one attached hydrogen (secondary N) is 1. The first-order chi connectivity index (χ1) is 14.0. The average Bonchev–Trinajstić information content (AvgIpc) is 3.07. The highest BCUT2D eigenvalue weighted by molar-refractivity contribution is 5.91. The van der Waals surface area contributed by atoms with Gasteiger partial charge in [0.1, 0.15) is 12.1 Å². The number of hydrogen-bond acceptors (Lipinski definition) is 2. The first kappa shape index (κ1) is 18.7. The van der Waals surface area contributed by atoms with Crippen LogP contribution in [0.3, 0.4) is 0 Å². The Hall–Kier alpha value is -3.60. The minimum atomic E-state index is -0.224. The average molecular weight is 385 g/mol. The monoisotopic (exact) mass is 385 g/mol. The molecule has 1 amide bonds. The lowest BCUT2D eigenvalue weighted by atomic mass is 10.1. The molecule has 0 saturated carbocycles. The third kappa shape index (κ3) is 4.14. The third-order valence-electron chi connectivity index (χ3n) is 4.91.